The van der Waals surface area contributed by atoms with Crippen molar-refractivity contribution in [3.8, 4) is 11.5 Å². The largest absolute Gasteiger partial charge is 0.454 e. The summed E-state index contributed by atoms with van der Waals surface area (Å²) in [5.41, 5.74) is 2.18. The second-order valence-electron chi connectivity index (χ2n) is 7.52. The number of benzene rings is 1. The lowest BCUT2D eigenvalue weighted by atomic mass is 9.86. The molecule has 0 N–H and O–H groups in total. The highest BCUT2D eigenvalue weighted by Gasteiger charge is 2.47. The second kappa shape index (κ2) is 5.99. The van der Waals surface area contributed by atoms with Gasteiger partial charge in [0.15, 0.2) is 11.5 Å². The summed E-state index contributed by atoms with van der Waals surface area (Å²) in [4.78, 5) is 21.3. The summed E-state index contributed by atoms with van der Waals surface area (Å²) < 4.78 is 10.8. The average Bonchev–Trinajstić information content (AvgIpc) is 3.34. The third kappa shape index (κ3) is 2.70. The molecule has 0 unspecified atom stereocenters. The van der Waals surface area contributed by atoms with Crippen LogP contribution in [0.25, 0.3) is 0 Å². The molecule has 0 bridgehead atoms. The Balaban J connectivity index is 1.31. The molecule has 2 fully saturated rings. The summed E-state index contributed by atoms with van der Waals surface area (Å²) >= 11 is 0. The number of hydrogen-bond donors (Lipinski definition) is 0. The maximum absolute atomic E-state index is 12.7. The van der Waals surface area contributed by atoms with Gasteiger partial charge in [-0.05, 0) is 36.7 Å². The van der Waals surface area contributed by atoms with Crippen molar-refractivity contribution in [1.29, 1.82) is 0 Å². The highest BCUT2D eigenvalue weighted by Crippen LogP contribution is 2.44. The van der Waals surface area contributed by atoms with Gasteiger partial charge in [0.1, 0.15) is 0 Å². The molecule has 0 radical (unpaired) electrons. The molecule has 6 heteroatoms. The summed E-state index contributed by atoms with van der Waals surface area (Å²) in [5, 5.41) is 0. The van der Waals surface area contributed by atoms with Gasteiger partial charge in [-0.2, -0.15) is 0 Å². The standard InChI is InChI=1S/C20H21N3O3/c24-19-9-20(5-7-22(12-20)11-15-2-1-6-21-10-15)13-23(19)16-3-4-17-18(8-16)26-14-25-17/h1-4,6,8,10H,5,7,9,11-14H2/t20-/m0/s1. The van der Waals surface area contributed by atoms with E-state index in [2.05, 4.69) is 16.0 Å². The Morgan fingerprint density at radius 3 is 2.96 bits per heavy atom. The molecule has 1 atom stereocenters. The maximum Gasteiger partial charge on any atom is 0.231 e. The number of carbonyl (C=O) groups excluding carboxylic acids is 1. The molecular formula is C20H21N3O3. The Labute approximate surface area is 152 Å². The van der Waals surface area contributed by atoms with Crippen molar-refractivity contribution in [2.24, 2.45) is 5.41 Å². The highest BCUT2D eigenvalue weighted by molar-refractivity contribution is 5.96. The summed E-state index contributed by atoms with van der Waals surface area (Å²) in [6.45, 7) is 3.90. The number of rotatable bonds is 3. The molecule has 2 aromatic rings. The van der Waals surface area contributed by atoms with E-state index in [4.69, 9.17) is 9.47 Å². The molecule has 1 aromatic heterocycles. The predicted octanol–water partition coefficient (Wildman–Crippen LogP) is 2.44. The van der Waals surface area contributed by atoms with Crippen molar-refractivity contribution in [3.63, 3.8) is 0 Å². The maximum atomic E-state index is 12.7. The van der Waals surface area contributed by atoms with Crippen LogP contribution in [0.3, 0.4) is 0 Å². The molecular weight excluding hydrogens is 330 g/mol. The van der Waals surface area contributed by atoms with E-state index in [0.29, 0.717) is 6.42 Å². The average molecular weight is 351 g/mol. The fourth-order valence-electron chi connectivity index (χ4n) is 4.37. The smallest absolute Gasteiger partial charge is 0.231 e. The van der Waals surface area contributed by atoms with Crippen LogP contribution >= 0.6 is 0 Å². The minimum Gasteiger partial charge on any atom is -0.454 e. The van der Waals surface area contributed by atoms with E-state index in [1.807, 2.05) is 35.4 Å². The molecule has 1 amide bonds. The van der Waals surface area contributed by atoms with Gasteiger partial charge in [-0.15, -0.1) is 0 Å². The first-order chi connectivity index (χ1) is 12.7. The zero-order chi connectivity index (χ0) is 17.6. The predicted molar refractivity (Wildman–Crippen MR) is 96.1 cm³/mol. The number of amides is 1. The minimum atomic E-state index is 0.0513. The first-order valence-corrected chi connectivity index (χ1v) is 9.02. The molecule has 3 aliphatic rings. The van der Waals surface area contributed by atoms with Crippen LogP contribution in [0, 0.1) is 5.41 Å². The Morgan fingerprint density at radius 2 is 2.08 bits per heavy atom. The SMILES string of the molecule is O=C1C[C@]2(CCN(Cc3cccnc3)C2)CN1c1ccc2c(c1)OCO2. The number of aromatic nitrogens is 1. The fourth-order valence-corrected chi connectivity index (χ4v) is 4.37. The van der Waals surface area contributed by atoms with Crippen LogP contribution in [-0.2, 0) is 11.3 Å². The summed E-state index contributed by atoms with van der Waals surface area (Å²) in [5.74, 6) is 1.67. The van der Waals surface area contributed by atoms with E-state index in [1.165, 1.54) is 5.56 Å². The van der Waals surface area contributed by atoms with E-state index < -0.39 is 0 Å². The number of anilines is 1. The molecule has 2 saturated heterocycles. The Morgan fingerprint density at radius 1 is 1.15 bits per heavy atom. The van der Waals surface area contributed by atoms with Gasteiger partial charge in [0.05, 0.1) is 0 Å². The lowest BCUT2D eigenvalue weighted by Gasteiger charge is -2.24. The second-order valence-corrected chi connectivity index (χ2v) is 7.52. The fraction of sp³-hybridized carbons (Fsp3) is 0.400. The molecule has 26 heavy (non-hydrogen) atoms. The van der Waals surface area contributed by atoms with Crippen molar-refractivity contribution in [3.05, 3.63) is 48.3 Å². The molecule has 5 rings (SSSR count). The quantitative estimate of drug-likeness (QED) is 0.850. The summed E-state index contributed by atoms with van der Waals surface area (Å²) in [7, 11) is 0. The van der Waals surface area contributed by atoms with Crippen molar-refractivity contribution in [1.82, 2.24) is 9.88 Å². The van der Waals surface area contributed by atoms with Gasteiger partial charge in [0.25, 0.3) is 0 Å². The van der Waals surface area contributed by atoms with Gasteiger partial charge in [-0.3, -0.25) is 14.7 Å². The van der Waals surface area contributed by atoms with E-state index in [-0.39, 0.29) is 18.1 Å². The van der Waals surface area contributed by atoms with Gasteiger partial charge in [0.2, 0.25) is 12.7 Å². The van der Waals surface area contributed by atoms with E-state index in [9.17, 15) is 4.79 Å². The zero-order valence-corrected chi connectivity index (χ0v) is 14.6. The van der Waals surface area contributed by atoms with Crippen molar-refractivity contribution in [2.75, 3.05) is 31.3 Å². The van der Waals surface area contributed by atoms with Crippen LogP contribution in [0.1, 0.15) is 18.4 Å². The summed E-state index contributed by atoms with van der Waals surface area (Å²) in [6.07, 6.45) is 5.39. The zero-order valence-electron chi connectivity index (χ0n) is 14.6. The third-order valence-electron chi connectivity index (χ3n) is 5.63. The molecule has 1 spiro atoms. The number of pyridine rings is 1. The van der Waals surface area contributed by atoms with E-state index >= 15 is 0 Å². The lowest BCUT2D eigenvalue weighted by Crippen LogP contribution is -2.31. The van der Waals surface area contributed by atoms with Gasteiger partial charge < -0.3 is 14.4 Å². The summed E-state index contributed by atoms with van der Waals surface area (Å²) in [6, 6.07) is 9.84. The van der Waals surface area contributed by atoms with Crippen molar-refractivity contribution in [2.45, 2.75) is 19.4 Å². The normalized spacial score (nSPS) is 24.8. The van der Waals surface area contributed by atoms with Crippen LogP contribution in [-0.4, -0.2) is 42.2 Å². The Bertz CT molecular complexity index is 841. The van der Waals surface area contributed by atoms with Crippen LogP contribution in [0.15, 0.2) is 42.7 Å². The number of carbonyl (C=O) groups is 1. The number of nitrogens with zero attached hydrogens (tertiary/aromatic N) is 3. The molecule has 3 aliphatic heterocycles. The number of hydrogen-bond acceptors (Lipinski definition) is 5. The first kappa shape index (κ1) is 15.6. The van der Waals surface area contributed by atoms with Crippen LogP contribution < -0.4 is 14.4 Å². The molecule has 134 valence electrons. The molecule has 1 aromatic carbocycles. The lowest BCUT2D eigenvalue weighted by molar-refractivity contribution is -0.117. The Hall–Kier alpha value is -2.60. The van der Waals surface area contributed by atoms with Crippen molar-refractivity contribution < 1.29 is 14.3 Å². The van der Waals surface area contributed by atoms with Crippen molar-refractivity contribution >= 4 is 11.6 Å². The molecule has 6 nitrogen and oxygen atoms in total. The first-order valence-electron chi connectivity index (χ1n) is 9.02. The number of fused-ring (bicyclic) bond motifs is 1. The van der Waals surface area contributed by atoms with Gasteiger partial charge >= 0.3 is 0 Å². The van der Waals surface area contributed by atoms with Crippen LogP contribution in [0.5, 0.6) is 11.5 Å². The molecule has 0 saturated carbocycles. The van der Waals surface area contributed by atoms with Gasteiger partial charge in [-0.25, -0.2) is 0 Å². The van der Waals surface area contributed by atoms with Gasteiger partial charge in [-0.1, -0.05) is 6.07 Å². The van der Waals surface area contributed by atoms with E-state index in [0.717, 1.165) is 49.8 Å². The molecule has 0 aliphatic carbocycles. The highest BCUT2D eigenvalue weighted by atomic mass is 16.7. The minimum absolute atomic E-state index is 0.0513. The third-order valence-corrected chi connectivity index (χ3v) is 5.63. The van der Waals surface area contributed by atoms with Crippen LogP contribution in [0.4, 0.5) is 5.69 Å². The Kier molecular flexibility index (Phi) is 3.60. The monoisotopic (exact) mass is 351 g/mol. The van der Waals surface area contributed by atoms with Crippen LogP contribution in [0.2, 0.25) is 0 Å². The number of ether oxygens (including phenoxy) is 2. The van der Waals surface area contributed by atoms with E-state index in [1.54, 1.807) is 6.20 Å². The molecule has 4 heterocycles. The van der Waals surface area contributed by atoms with Gasteiger partial charge in [0, 0.05) is 55.6 Å². The topological polar surface area (TPSA) is 54.9 Å². The number of likely N-dealkylation sites (tertiary alicyclic amines) is 1.